The number of ether oxygens (including phenoxy) is 1. The molecule has 0 saturated heterocycles. The van der Waals surface area contributed by atoms with Gasteiger partial charge < -0.3 is 10.1 Å². The normalized spacial score (nSPS) is 20.9. The summed E-state index contributed by atoms with van der Waals surface area (Å²) in [7, 11) is 0. The van der Waals surface area contributed by atoms with Gasteiger partial charge >= 0.3 is 0 Å². The number of pyridine rings is 1. The number of ketones is 2. The number of rotatable bonds is 2. The van der Waals surface area contributed by atoms with Crippen LogP contribution in [-0.4, -0.2) is 23.2 Å². The van der Waals surface area contributed by atoms with E-state index >= 15 is 0 Å². The summed E-state index contributed by atoms with van der Waals surface area (Å²) in [5.41, 5.74) is 1.57. The predicted octanol–water partition coefficient (Wildman–Crippen LogP) is 1.83. The van der Waals surface area contributed by atoms with Crippen molar-refractivity contribution in [2.45, 2.75) is 13.8 Å². The van der Waals surface area contributed by atoms with Gasteiger partial charge in [-0.05, 0) is 13.0 Å². The van der Waals surface area contributed by atoms with Crippen LogP contribution in [0.5, 0.6) is 0 Å². The molecule has 0 bridgehead atoms. The lowest BCUT2D eigenvalue weighted by atomic mass is 9.81. The van der Waals surface area contributed by atoms with Crippen LogP contribution < -0.4 is 5.32 Å². The lowest BCUT2D eigenvalue weighted by Gasteiger charge is -2.29. The second kappa shape index (κ2) is 4.59. The molecule has 0 saturated carbocycles. The van der Waals surface area contributed by atoms with Gasteiger partial charge in [0.25, 0.3) is 0 Å². The molecule has 1 atom stereocenters. The third kappa shape index (κ3) is 1.66. The maximum atomic E-state index is 12.6. The Morgan fingerprint density at radius 1 is 1.30 bits per heavy atom. The van der Waals surface area contributed by atoms with E-state index in [1.54, 1.807) is 12.3 Å². The molecule has 1 aromatic rings. The maximum Gasteiger partial charge on any atom is 0.210 e. The van der Waals surface area contributed by atoms with Crippen molar-refractivity contribution in [3.63, 3.8) is 0 Å². The van der Waals surface area contributed by atoms with Gasteiger partial charge in [0.1, 0.15) is 5.76 Å². The van der Waals surface area contributed by atoms with Crippen molar-refractivity contribution in [3.05, 3.63) is 52.8 Å². The first-order valence-corrected chi connectivity index (χ1v) is 6.52. The van der Waals surface area contributed by atoms with Crippen molar-refractivity contribution in [1.29, 1.82) is 0 Å². The van der Waals surface area contributed by atoms with Gasteiger partial charge in [-0.2, -0.15) is 0 Å². The number of nitrogens with one attached hydrogen (secondary N) is 1. The standard InChI is InChI=1S/C15H14N2O3/c1-3-20-11-7-17-13-12(8(11)2)14(18)10-6-16-5-4-9(10)15(13)19/h4-8,17H,3H2,1-2H3. The number of hydrogen-bond acceptors (Lipinski definition) is 5. The fourth-order valence-electron chi connectivity index (χ4n) is 2.59. The summed E-state index contributed by atoms with van der Waals surface area (Å²) >= 11 is 0. The first-order chi connectivity index (χ1) is 9.65. The molecule has 2 aliphatic rings. The Morgan fingerprint density at radius 2 is 2.10 bits per heavy atom. The molecule has 1 aromatic heterocycles. The highest BCUT2D eigenvalue weighted by atomic mass is 16.5. The van der Waals surface area contributed by atoms with Crippen LogP contribution in [0.15, 0.2) is 41.7 Å². The van der Waals surface area contributed by atoms with E-state index in [2.05, 4.69) is 10.3 Å². The monoisotopic (exact) mass is 270 g/mol. The molecule has 102 valence electrons. The highest BCUT2D eigenvalue weighted by Crippen LogP contribution is 2.34. The summed E-state index contributed by atoms with van der Waals surface area (Å²) in [5.74, 6) is 0.0967. The molecule has 0 radical (unpaired) electrons. The molecule has 20 heavy (non-hydrogen) atoms. The molecule has 0 spiro atoms. The molecule has 1 aliphatic carbocycles. The summed E-state index contributed by atoms with van der Waals surface area (Å²) in [6, 6.07) is 1.58. The lowest BCUT2D eigenvalue weighted by molar-refractivity contribution is 0.0951. The van der Waals surface area contributed by atoms with E-state index in [4.69, 9.17) is 4.74 Å². The van der Waals surface area contributed by atoms with Crippen molar-refractivity contribution in [2.24, 2.45) is 5.92 Å². The van der Waals surface area contributed by atoms with E-state index in [-0.39, 0.29) is 17.5 Å². The van der Waals surface area contributed by atoms with Crippen molar-refractivity contribution < 1.29 is 14.3 Å². The SMILES string of the molecule is CCOC1=CNC2=C(C(=O)c3cnccc3C2=O)C1C. The third-order valence-electron chi connectivity index (χ3n) is 3.58. The Labute approximate surface area is 116 Å². The van der Waals surface area contributed by atoms with Gasteiger partial charge in [-0.15, -0.1) is 0 Å². The number of Topliss-reactive ketones (excluding diaryl/α,β-unsaturated/α-hetero) is 2. The molecule has 0 amide bonds. The zero-order valence-electron chi connectivity index (χ0n) is 11.3. The zero-order chi connectivity index (χ0) is 14.3. The second-order valence-electron chi connectivity index (χ2n) is 4.71. The highest BCUT2D eigenvalue weighted by Gasteiger charge is 2.38. The molecule has 5 nitrogen and oxygen atoms in total. The molecule has 3 rings (SSSR count). The molecule has 1 unspecified atom stereocenters. The minimum absolute atomic E-state index is 0.159. The predicted molar refractivity (Wildman–Crippen MR) is 71.9 cm³/mol. The van der Waals surface area contributed by atoms with E-state index in [1.807, 2.05) is 13.8 Å². The van der Waals surface area contributed by atoms with Crippen LogP contribution >= 0.6 is 0 Å². The molecular weight excluding hydrogens is 256 g/mol. The Kier molecular flexibility index (Phi) is 2.89. The van der Waals surface area contributed by atoms with Crippen LogP contribution in [0.3, 0.4) is 0 Å². The highest BCUT2D eigenvalue weighted by molar-refractivity contribution is 6.27. The third-order valence-corrected chi connectivity index (χ3v) is 3.58. The van der Waals surface area contributed by atoms with E-state index in [1.165, 1.54) is 12.4 Å². The summed E-state index contributed by atoms with van der Waals surface area (Å²) in [6.07, 6.45) is 4.62. The van der Waals surface area contributed by atoms with Crippen molar-refractivity contribution >= 4 is 11.6 Å². The quantitative estimate of drug-likeness (QED) is 0.888. The number of carbonyl (C=O) groups is 2. The van der Waals surface area contributed by atoms with Crippen LogP contribution in [0.1, 0.15) is 34.6 Å². The fraction of sp³-hybridized carbons (Fsp3) is 0.267. The number of dihydropyridines is 1. The average molecular weight is 270 g/mol. The van der Waals surface area contributed by atoms with Crippen LogP contribution in [0, 0.1) is 5.92 Å². The Hall–Kier alpha value is -2.43. The van der Waals surface area contributed by atoms with Crippen LogP contribution in [0.2, 0.25) is 0 Å². The number of allylic oxidation sites excluding steroid dienone is 2. The second-order valence-corrected chi connectivity index (χ2v) is 4.71. The number of carbonyl (C=O) groups excluding carboxylic acids is 2. The minimum atomic E-state index is -0.240. The van der Waals surface area contributed by atoms with Crippen molar-refractivity contribution in [2.75, 3.05) is 6.61 Å². The number of fused-ring (bicyclic) bond motifs is 1. The van der Waals surface area contributed by atoms with Crippen LogP contribution in [0.4, 0.5) is 0 Å². The number of aromatic nitrogens is 1. The van der Waals surface area contributed by atoms with Gasteiger partial charge in [0.15, 0.2) is 5.78 Å². The first kappa shape index (κ1) is 12.6. The lowest BCUT2D eigenvalue weighted by Crippen LogP contribution is -2.35. The zero-order valence-corrected chi connectivity index (χ0v) is 11.3. The summed E-state index contributed by atoms with van der Waals surface area (Å²) in [5, 5.41) is 2.91. The summed E-state index contributed by atoms with van der Waals surface area (Å²) < 4.78 is 5.50. The smallest absolute Gasteiger partial charge is 0.210 e. The van der Waals surface area contributed by atoms with Gasteiger partial charge in [0.05, 0.1) is 17.9 Å². The molecule has 0 fully saturated rings. The minimum Gasteiger partial charge on any atom is -0.496 e. The van der Waals surface area contributed by atoms with E-state index in [9.17, 15) is 9.59 Å². The molecule has 1 N–H and O–H groups in total. The number of nitrogens with zero attached hydrogens (tertiary/aromatic N) is 1. The Bertz CT molecular complexity index is 673. The maximum absolute atomic E-state index is 12.6. The number of hydrogen-bond donors (Lipinski definition) is 1. The molecular formula is C15H14N2O3. The summed E-state index contributed by atoms with van der Waals surface area (Å²) in [6.45, 7) is 4.26. The van der Waals surface area contributed by atoms with Gasteiger partial charge in [-0.3, -0.25) is 14.6 Å². The molecule has 0 aromatic carbocycles. The van der Waals surface area contributed by atoms with Crippen LogP contribution in [-0.2, 0) is 4.74 Å². The van der Waals surface area contributed by atoms with Crippen molar-refractivity contribution in [1.82, 2.24) is 10.3 Å². The molecule has 1 aliphatic heterocycles. The topological polar surface area (TPSA) is 68.3 Å². The van der Waals surface area contributed by atoms with Gasteiger partial charge in [0.2, 0.25) is 5.78 Å². The Morgan fingerprint density at radius 3 is 2.85 bits per heavy atom. The van der Waals surface area contributed by atoms with Gasteiger partial charge in [0, 0.05) is 35.6 Å². The van der Waals surface area contributed by atoms with Gasteiger partial charge in [-0.1, -0.05) is 6.92 Å². The average Bonchev–Trinajstić information content (AvgIpc) is 2.47. The fourth-order valence-corrected chi connectivity index (χ4v) is 2.59. The van der Waals surface area contributed by atoms with Gasteiger partial charge in [-0.25, -0.2) is 0 Å². The van der Waals surface area contributed by atoms with E-state index < -0.39 is 0 Å². The van der Waals surface area contributed by atoms with Crippen LogP contribution in [0.25, 0.3) is 0 Å². The largest absolute Gasteiger partial charge is 0.496 e. The first-order valence-electron chi connectivity index (χ1n) is 6.52. The molecule has 5 heteroatoms. The van der Waals surface area contributed by atoms with E-state index in [0.717, 1.165) is 0 Å². The summed E-state index contributed by atoms with van der Waals surface area (Å²) in [4.78, 5) is 29.0. The Balaban J connectivity index is 2.09. The van der Waals surface area contributed by atoms with E-state index in [0.29, 0.717) is 34.8 Å². The molecule has 2 heterocycles. The van der Waals surface area contributed by atoms with Crippen molar-refractivity contribution in [3.8, 4) is 0 Å².